The monoisotopic (exact) mass is 347 g/mol. The smallest absolute Gasteiger partial charge is 0.187 e. The molecule has 25 heavy (non-hydrogen) atoms. The van der Waals surface area contributed by atoms with Crippen molar-refractivity contribution >= 4 is 17.9 Å². The fraction of sp³-hybridized carbons (Fsp3) is 0.105. The zero-order valence-corrected chi connectivity index (χ0v) is 13.0. The van der Waals surface area contributed by atoms with E-state index in [1.165, 1.54) is 24.3 Å². The van der Waals surface area contributed by atoms with Gasteiger partial charge in [-0.2, -0.15) is 0 Å². The van der Waals surface area contributed by atoms with Crippen molar-refractivity contribution in [1.82, 2.24) is 5.32 Å². The van der Waals surface area contributed by atoms with Crippen molar-refractivity contribution in [2.75, 3.05) is 13.1 Å². The minimum Gasteiger partial charge on any atom is -0.308 e. The zero-order chi connectivity index (χ0) is 18.0. The standard InChI is InChI=1S/C19H13F4NO/c20-15-3-1-11(17(22)7-15)5-13-9-24-10-14(19(13)25)6-12-2-4-16(21)8-18(12)23/h1-8,24H,9-10H2/b13-5-,14-6+. The lowest BCUT2D eigenvalue weighted by Crippen LogP contribution is -2.32. The third-order valence-corrected chi connectivity index (χ3v) is 3.80. The molecule has 0 saturated carbocycles. The van der Waals surface area contributed by atoms with Gasteiger partial charge in [-0.25, -0.2) is 17.6 Å². The molecule has 0 atom stereocenters. The molecular weight excluding hydrogens is 334 g/mol. The topological polar surface area (TPSA) is 29.1 Å². The SMILES string of the molecule is O=C1/C(=C\c2ccc(F)cc2F)CNC/C1=C\c1ccc(F)cc1F. The summed E-state index contributed by atoms with van der Waals surface area (Å²) >= 11 is 0. The summed E-state index contributed by atoms with van der Waals surface area (Å²) in [7, 11) is 0. The molecule has 0 aromatic heterocycles. The first-order valence-electron chi connectivity index (χ1n) is 7.51. The predicted octanol–water partition coefficient (Wildman–Crippen LogP) is 3.88. The number of benzene rings is 2. The third kappa shape index (κ3) is 3.85. The Labute approximate surface area is 141 Å². The summed E-state index contributed by atoms with van der Waals surface area (Å²) in [6.45, 7) is 0.414. The maximum Gasteiger partial charge on any atom is 0.187 e. The quantitative estimate of drug-likeness (QED) is 0.660. The molecule has 128 valence electrons. The van der Waals surface area contributed by atoms with E-state index in [2.05, 4.69) is 5.32 Å². The zero-order valence-electron chi connectivity index (χ0n) is 13.0. The van der Waals surface area contributed by atoms with Crippen LogP contribution in [0.2, 0.25) is 0 Å². The Morgan fingerprint density at radius 2 is 1.20 bits per heavy atom. The Balaban J connectivity index is 1.93. The summed E-state index contributed by atoms with van der Waals surface area (Å²) in [5.41, 5.74) is 0.706. The van der Waals surface area contributed by atoms with Crippen LogP contribution in [0.3, 0.4) is 0 Å². The minimum atomic E-state index is -0.777. The Morgan fingerprint density at radius 3 is 1.60 bits per heavy atom. The summed E-state index contributed by atoms with van der Waals surface area (Å²) in [4.78, 5) is 12.5. The van der Waals surface area contributed by atoms with Gasteiger partial charge in [-0.3, -0.25) is 4.79 Å². The van der Waals surface area contributed by atoms with Crippen LogP contribution in [-0.4, -0.2) is 18.9 Å². The van der Waals surface area contributed by atoms with Gasteiger partial charge in [-0.15, -0.1) is 0 Å². The van der Waals surface area contributed by atoms with Crippen LogP contribution < -0.4 is 5.32 Å². The van der Waals surface area contributed by atoms with E-state index in [4.69, 9.17) is 0 Å². The van der Waals surface area contributed by atoms with Gasteiger partial charge in [-0.1, -0.05) is 0 Å². The number of carbonyl (C=O) groups is 1. The second-order valence-corrected chi connectivity index (χ2v) is 5.60. The number of piperidine rings is 1. The van der Waals surface area contributed by atoms with Crippen molar-refractivity contribution in [1.29, 1.82) is 0 Å². The van der Waals surface area contributed by atoms with Gasteiger partial charge in [-0.05, 0) is 36.4 Å². The summed E-state index contributed by atoms with van der Waals surface area (Å²) in [6, 6.07) is 6.14. The second-order valence-electron chi connectivity index (χ2n) is 5.60. The van der Waals surface area contributed by atoms with Crippen LogP contribution in [0.4, 0.5) is 17.6 Å². The molecule has 0 amide bonds. The van der Waals surface area contributed by atoms with Crippen molar-refractivity contribution in [3.8, 4) is 0 Å². The fourth-order valence-electron chi connectivity index (χ4n) is 2.54. The van der Waals surface area contributed by atoms with E-state index < -0.39 is 23.3 Å². The molecule has 1 aliphatic rings. The molecule has 6 heteroatoms. The molecule has 0 radical (unpaired) electrons. The first-order valence-corrected chi connectivity index (χ1v) is 7.51. The first-order chi connectivity index (χ1) is 11.9. The van der Waals surface area contributed by atoms with Gasteiger partial charge in [0.1, 0.15) is 23.3 Å². The number of hydrogen-bond donors (Lipinski definition) is 1. The van der Waals surface area contributed by atoms with Crippen molar-refractivity contribution < 1.29 is 22.4 Å². The van der Waals surface area contributed by atoms with Gasteiger partial charge < -0.3 is 5.32 Å². The first kappa shape index (κ1) is 17.1. The molecular formula is C19H13F4NO. The number of carbonyl (C=O) groups excluding carboxylic acids is 1. The molecule has 2 aromatic rings. The molecule has 1 saturated heterocycles. The highest BCUT2D eigenvalue weighted by molar-refractivity contribution is 6.14. The van der Waals surface area contributed by atoms with E-state index in [-0.39, 0.29) is 41.1 Å². The molecule has 3 rings (SSSR count). The van der Waals surface area contributed by atoms with Gasteiger partial charge in [0.05, 0.1) is 0 Å². The highest BCUT2D eigenvalue weighted by Crippen LogP contribution is 2.20. The predicted molar refractivity (Wildman–Crippen MR) is 86.5 cm³/mol. The third-order valence-electron chi connectivity index (χ3n) is 3.80. The van der Waals surface area contributed by atoms with Gasteiger partial charge in [0, 0.05) is 47.5 Å². The lowest BCUT2D eigenvalue weighted by Gasteiger charge is -2.18. The maximum atomic E-state index is 13.8. The molecule has 0 spiro atoms. The van der Waals surface area contributed by atoms with Crippen molar-refractivity contribution in [2.45, 2.75) is 0 Å². The normalized spacial score (nSPS) is 18.2. The highest BCUT2D eigenvalue weighted by Gasteiger charge is 2.21. The Morgan fingerprint density at radius 1 is 0.760 bits per heavy atom. The van der Waals surface area contributed by atoms with Crippen LogP contribution in [0.15, 0.2) is 47.5 Å². The molecule has 2 nitrogen and oxygen atoms in total. The molecule has 0 aliphatic carbocycles. The number of rotatable bonds is 2. The summed E-state index contributed by atoms with van der Waals surface area (Å²) in [5.74, 6) is -3.34. The van der Waals surface area contributed by atoms with Crippen molar-refractivity contribution in [3.63, 3.8) is 0 Å². The van der Waals surface area contributed by atoms with E-state index in [1.807, 2.05) is 0 Å². The lowest BCUT2D eigenvalue weighted by atomic mass is 9.95. The largest absolute Gasteiger partial charge is 0.308 e. The minimum absolute atomic E-state index is 0.0840. The van der Waals surface area contributed by atoms with E-state index in [1.54, 1.807) is 0 Å². The number of hydrogen-bond acceptors (Lipinski definition) is 2. The van der Waals surface area contributed by atoms with Gasteiger partial charge in [0.2, 0.25) is 0 Å². The second kappa shape index (κ2) is 7.03. The van der Waals surface area contributed by atoms with Crippen LogP contribution in [0.1, 0.15) is 11.1 Å². The van der Waals surface area contributed by atoms with E-state index in [9.17, 15) is 22.4 Å². The number of ketones is 1. The molecule has 1 heterocycles. The van der Waals surface area contributed by atoms with Gasteiger partial charge in [0.25, 0.3) is 0 Å². The summed E-state index contributed by atoms with van der Waals surface area (Å²) in [5, 5.41) is 2.97. The summed E-state index contributed by atoms with van der Waals surface area (Å²) < 4.78 is 53.4. The van der Waals surface area contributed by atoms with E-state index >= 15 is 0 Å². The van der Waals surface area contributed by atoms with E-state index in [0.29, 0.717) is 0 Å². The average molecular weight is 347 g/mol. The highest BCUT2D eigenvalue weighted by atomic mass is 19.1. The fourth-order valence-corrected chi connectivity index (χ4v) is 2.54. The summed E-state index contributed by atoms with van der Waals surface area (Å²) in [6.07, 6.45) is 2.66. The van der Waals surface area contributed by atoms with Crippen molar-refractivity contribution in [2.24, 2.45) is 0 Å². The molecule has 1 aliphatic heterocycles. The Hall–Kier alpha value is -2.73. The lowest BCUT2D eigenvalue weighted by molar-refractivity contribution is -0.112. The number of nitrogens with one attached hydrogen (secondary N) is 1. The molecule has 0 unspecified atom stereocenters. The van der Waals surface area contributed by atoms with Crippen LogP contribution in [0.5, 0.6) is 0 Å². The van der Waals surface area contributed by atoms with Crippen LogP contribution in [0.25, 0.3) is 12.2 Å². The maximum absolute atomic E-state index is 13.8. The Bertz CT molecular complexity index is 831. The van der Waals surface area contributed by atoms with Crippen LogP contribution >= 0.6 is 0 Å². The molecule has 0 bridgehead atoms. The average Bonchev–Trinajstić information content (AvgIpc) is 2.56. The number of halogens is 4. The molecule has 1 fully saturated rings. The van der Waals surface area contributed by atoms with Crippen molar-refractivity contribution in [3.05, 3.63) is 81.9 Å². The van der Waals surface area contributed by atoms with Gasteiger partial charge >= 0.3 is 0 Å². The van der Waals surface area contributed by atoms with E-state index in [0.717, 1.165) is 24.3 Å². The molecule has 2 aromatic carbocycles. The van der Waals surface area contributed by atoms with Crippen LogP contribution in [-0.2, 0) is 4.79 Å². The Kier molecular flexibility index (Phi) is 4.81. The number of Topliss-reactive ketones (excluding diaryl/α,β-unsaturated/α-hetero) is 1. The molecule has 1 N–H and O–H groups in total. The van der Waals surface area contributed by atoms with Gasteiger partial charge in [0.15, 0.2) is 5.78 Å². The van der Waals surface area contributed by atoms with Crippen LogP contribution in [0, 0.1) is 23.3 Å².